The molecule has 0 spiro atoms. The fourth-order valence-corrected chi connectivity index (χ4v) is 3.52. The van der Waals surface area contributed by atoms with Gasteiger partial charge in [0.15, 0.2) is 5.13 Å². The van der Waals surface area contributed by atoms with Crippen LogP contribution in [-0.2, 0) is 12.8 Å². The van der Waals surface area contributed by atoms with Crippen LogP contribution in [0.3, 0.4) is 0 Å². The molecule has 1 amide bonds. The standard InChI is InChI=1S/C20H16N2O2S/c23-19(17-13-24-18-9-5-4-8-16(17)18)22-20-21-12-15(25-20)11-10-14-6-2-1-3-7-14/h1-9,12-13H,10-11H2,(H,21,22,23). The van der Waals surface area contributed by atoms with Crippen LogP contribution in [0.25, 0.3) is 11.0 Å². The first kappa shape index (κ1) is 15.6. The molecule has 0 atom stereocenters. The number of anilines is 1. The lowest BCUT2D eigenvalue weighted by atomic mass is 10.1. The van der Waals surface area contributed by atoms with Crippen LogP contribution in [0.1, 0.15) is 20.8 Å². The Labute approximate surface area is 149 Å². The first-order valence-electron chi connectivity index (χ1n) is 8.06. The van der Waals surface area contributed by atoms with Crippen molar-refractivity contribution in [1.82, 2.24) is 4.98 Å². The number of aromatic nitrogens is 1. The second kappa shape index (κ2) is 6.91. The number of furan rings is 1. The zero-order chi connectivity index (χ0) is 17.1. The average Bonchev–Trinajstić information content (AvgIpc) is 3.27. The third-order valence-electron chi connectivity index (χ3n) is 4.00. The van der Waals surface area contributed by atoms with Crippen LogP contribution >= 0.6 is 11.3 Å². The number of thiazole rings is 1. The van der Waals surface area contributed by atoms with Gasteiger partial charge in [-0.1, -0.05) is 48.5 Å². The third kappa shape index (κ3) is 3.46. The number of amides is 1. The van der Waals surface area contributed by atoms with Gasteiger partial charge in [-0.25, -0.2) is 4.98 Å². The monoisotopic (exact) mass is 348 g/mol. The molecule has 2 heterocycles. The summed E-state index contributed by atoms with van der Waals surface area (Å²) in [6.07, 6.45) is 5.19. The maximum atomic E-state index is 12.5. The molecule has 2 aromatic heterocycles. The second-order valence-electron chi connectivity index (χ2n) is 5.72. The number of nitrogens with zero attached hydrogens (tertiary/aromatic N) is 1. The van der Waals surface area contributed by atoms with E-state index in [2.05, 4.69) is 22.4 Å². The molecule has 25 heavy (non-hydrogen) atoms. The molecule has 4 nitrogen and oxygen atoms in total. The largest absolute Gasteiger partial charge is 0.463 e. The van der Waals surface area contributed by atoms with Crippen LogP contribution in [0.4, 0.5) is 5.13 Å². The van der Waals surface area contributed by atoms with E-state index in [0.717, 1.165) is 23.1 Å². The van der Waals surface area contributed by atoms with E-state index < -0.39 is 0 Å². The Morgan fingerprint density at radius 3 is 2.72 bits per heavy atom. The van der Waals surface area contributed by atoms with E-state index >= 15 is 0 Å². The van der Waals surface area contributed by atoms with Gasteiger partial charge in [-0.15, -0.1) is 11.3 Å². The van der Waals surface area contributed by atoms with E-state index in [0.29, 0.717) is 16.3 Å². The highest BCUT2D eigenvalue weighted by molar-refractivity contribution is 7.15. The number of hydrogen-bond acceptors (Lipinski definition) is 4. The van der Waals surface area contributed by atoms with E-state index in [4.69, 9.17) is 4.42 Å². The average molecular weight is 348 g/mol. The molecule has 0 fully saturated rings. The van der Waals surface area contributed by atoms with E-state index in [1.807, 2.05) is 48.7 Å². The van der Waals surface area contributed by atoms with Crippen LogP contribution < -0.4 is 5.32 Å². The second-order valence-corrected chi connectivity index (χ2v) is 6.83. The fraction of sp³-hybridized carbons (Fsp3) is 0.100. The van der Waals surface area contributed by atoms with Crippen molar-refractivity contribution in [3.05, 3.63) is 83.1 Å². The van der Waals surface area contributed by atoms with Crippen molar-refractivity contribution in [2.24, 2.45) is 0 Å². The summed E-state index contributed by atoms with van der Waals surface area (Å²) >= 11 is 1.51. The quantitative estimate of drug-likeness (QED) is 0.556. The molecule has 2 aromatic carbocycles. The van der Waals surface area contributed by atoms with Gasteiger partial charge in [-0.05, 0) is 24.5 Å². The molecular weight excluding hydrogens is 332 g/mol. The third-order valence-corrected chi connectivity index (χ3v) is 4.98. The predicted molar refractivity (Wildman–Crippen MR) is 100 cm³/mol. The van der Waals surface area contributed by atoms with E-state index in [1.165, 1.54) is 23.2 Å². The molecular formula is C20H16N2O2S. The summed E-state index contributed by atoms with van der Waals surface area (Å²) in [6, 6.07) is 17.8. The molecule has 0 saturated heterocycles. The summed E-state index contributed by atoms with van der Waals surface area (Å²) in [5.74, 6) is -0.200. The maximum Gasteiger partial charge on any atom is 0.261 e. The molecule has 0 aliphatic heterocycles. The van der Waals surface area contributed by atoms with Gasteiger partial charge < -0.3 is 4.42 Å². The summed E-state index contributed by atoms with van der Waals surface area (Å²) in [7, 11) is 0. The van der Waals surface area contributed by atoms with Crippen LogP contribution in [0.15, 0.2) is 71.5 Å². The normalized spacial score (nSPS) is 10.9. The van der Waals surface area contributed by atoms with Crippen LogP contribution in [0, 0.1) is 0 Å². The maximum absolute atomic E-state index is 12.5. The topological polar surface area (TPSA) is 55.1 Å². The Balaban J connectivity index is 1.43. The van der Waals surface area contributed by atoms with Crippen molar-refractivity contribution in [1.29, 1.82) is 0 Å². The smallest absolute Gasteiger partial charge is 0.261 e. The molecule has 0 radical (unpaired) electrons. The molecule has 0 aliphatic carbocycles. The van der Waals surface area contributed by atoms with Gasteiger partial charge in [-0.3, -0.25) is 10.1 Å². The molecule has 4 aromatic rings. The van der Waals surface area contributed by atoms with Crippen LogP contribution in [0.2, 0.25) is 0 Å². The van der Waals surface area contributed by atoms with Crippen LogP contribution in [-0.4, -0.2) is 10.9 Å². The van der Waals surface area contributed by atoms with E-state index in [1.54, 1.807) is 0 Å². The number of carbonyl (C=O) groups is 1. The molecule has 0 saturated carbocycles. The van der Waals surface area contributed by atoms with Crippen LogP contribution in [0.5, 0.6) is 0 Å². The predicted octanol–water partition coefficient (Wildman–Crippen LogP) is 4.93. The van der Waals surface area contributed by atoms with Gasteiger partial charge in [-0.2, -0.15) is 0 Å². The van der Waals surface area contributed by atoms with Crippen molar-refractivity contribution in [3.8, 4) is 0 Å². The number of para-hydroxylation sites is 1. The summed E-state index contributed by atoms with van der Waals surface area (Å²) in [5.41, 5.74) is 2.53. The van der Waals surface area contributed by atoms with Crippen molar-refractivity contribution >= 4 is 33.3 Å². The molecule has 4 rings (SSSR count). The van der Waals surface area contributed by atoms with Crippen molar-refractivity contribution in [3.63, 3.8) is 0 Å². The number of rotatable bonds is 5. The van der Waals surface area contributed by atoms with Gasteiger partial charge in [0.05, 0.1) is 5.56 Å². The number of fused-ring (bicyclic) bond motifs is 1. The minimum absolute atomic E-state index is 0.200. The molecule has 124 valence electrons. The van der Waals surface area contributed by atoms with Crippen molar-refractivity contribution in [2.75, 3.05) is 5.32 Å². The molecule has 0 bridgehead atoms. The first-order valence-corrected chi connectivity index (χ1v) is 8.87. The highest BCUT2D eigenvalue weighted by atomic mass is 32.1. The van der Waals surface area contributed by atoms with Crippen molar-refractivity contribution < 1.29 is 9.21 Å². The minimum atomic E-state index is -0.200. The van der Waals surface area contributed by atoms with Gasteiger partial charge in [0.1, 0.15) is 11.8 Å². The van der Waals surface area contributed by atoms with Gasteiger partial charge in [0, 0.05) is 16.5 Å². The molecule has 0 unspecified atom stereocenters. The lowest BCUT2D eigenvalue weighted by Gasteiger charge is -1.99. The molecule has 5 heteroatoms. The summed E-state index contributed by atoms with van der Waals surface area (Å²) in [4.78, 5) is 17.9. The summed E-state index contributed by atoms with van der Waals surface area (Å²) in [5, 5.41) is 4.28. The number of carbonyl (C=O) groups excluding carboxylic acids is 1. The van der Waals surface area contributed by atoms with E-state index in [-0.39, 0.29) is 5.91 Å². The number of aryl methyl sites for hydroxylation is 2. The molecule has 0 aliphatic rings. The lowest BCUT2D eigenvalue weighted by Crippen LogP contribution is -2.10. The number of hydrogen-bond donors (Lipinski definition) is 1. The summed E-state index contributed by atoms with van der Waals surface area (Å²) in [6.45, 7) is 0. The van der Waals surface area contributed by atoms with E-state index in [9.17, 15) is 4.79 Å². The highest BCUT2D eigenvalue weighted by Gasteiger charge is 2.15. The minimum Gasteiger partial charge on any atom is -0.463 e. The Kier molecular flexibility index (Phi) is 4.31. The van der Waals surface area contributed by atoms with Gasteiger partial charge in [0.2, 0.25) is 0 Å². The highest BCUT2D eigenvalue weighted by Crippen LogP contribution is 2.24. The molecule has 1 N–H and O–H groups in total. The SMILES string of the molecule is O=C(Nc1ncc(CCc2ccccc2)s1)c1coc2ccccc12. The Bertz CT molecular complexity index is 1000. The number of nitrogens with one attached hydrogen (secondary N) is 1. The van der Waals surface area contributed by atoms with Gasteiger partial charge >= 0.3 is 0 Å². The fourth-order valence-electron chi connectivity index (χ4n) is 2.71. The Hall–Kier alpha value is -2.92. The zero-order valence-corrected chi connectivity index (χ0v) is 14.3. The zero-order valence-electron chi connectivity index (χ0n) is 13.4. The number of benzene rings is 2. The summed E-state index contributed by atoms with van der Waals surface area (Å²) < 4.78 is 5.42. The first-order chi connectivity index (χ1) is 12.3. The lowest BCUT2D eigenvalue weighted by molar-refractivity contribution is 0.102. The Morgan fingerprint density at radius 1 is 1.04 bits per heavy atom. The van der Waals surface area contributed by atoms with Gasteiger partial charge in [0.25, 0.3) is 5.91 Å². The van der Waals surface area contributed by atoms with Crippen molar-refractivity contribution in [2.45, 2.75) is 12.8 Å². The Morgan fingerprint density at radius 2 is 1.84 bits per heavy atom.